The molecular weight excluding hydrogens is 422 g/mol. The van der Waals surface area contributed by atoms with E-state index < -0.39 is 0 Å². The van der Waals surface area contributed by atoms with Gasteiger partial charge in [0.25, 0.3) is 0 Å². The van der Waals surface area contributed by atoms with E-state index in [4.69, 9.17) is 4.98 Å². The average Bonchev–Trinajstić information content (AvgIpc) is 3.29. The number of benzene rings is 1. The summed E-state index contributed by atoms with van der Waals surface area (Å²) in [6.07, 6.45) is 15.3. The van der Waals surface area contributed by atoms with Crippen LogP contribution in [0.5, 0.6) is 0 Å². The summed E-state index contributed by atoms with van der Waals surface area (Å²) >= 11 is 0. The van der Waals surface area contributed by atoms with Crippen LogP contribution < -0.4 is 0 Å². The summed E-state index contributed by atoms with van der Waals surface area (Å²) in [5.41, 5.74) is 6.28. The van der Waals surface area contributed by atoms with Crippen molar-refractivity contribution in [2.45, 2.75) is 51.0 Å². The van der Waals surface area contributed by atoms with E-state index in [1.165, 1.54) is 0 Å². The average molecular weight is 448 g/mol. The lowest BCUT2D eigenvalue weighted by atomic mass is 9.80. The number of fused-ring (bicyclic) bond motifs is 1. The maximum Gasteiger partial charge on any atom is 0.0958 e. The molecule has 2 fully saturated rings. The zero-order chi connectivity index (χ0) is 23.1. The topological polar surface area (TPSA) is 95.6 Å². The van der Waals surface area contributed by atoms with Crippen LogP contribution in [0.4, 0.5) is 0 Å². The molecule has 168 valence electrons. The fourth-order valence-electron chi connectivity index (χ4n) is 5.18. The van der Waals surface area contributed by atoms with E-state index in [-0.39, 0.29) is 11.3 Å². The van der Waals surface area contributed by atoms with Gasteiger partial charge < -0.3 is 0 Å². The Kier molecular flexibility index (Phi) is 4.92. The minimum atomic E-state index is -0.212. The van der Waals surface area contributed by atoms with Crippen LogP contribution >= 0.6 is 0 Å². The quantitative estimate of drug-likeness (QED) is 0.410. The summed E-state index contributed by atoms with van der Waals surface area (Å²) in [4.78, 5) is 4.77. The summed E-state index contributed by atoms with van der Waals surface area (Å²) in [5, 5.41) is 27.7. The Bertz CT molecular complexity index is 1420. The van der Waals surface area contributed by atoms with E-state index in [1.54, 1.807) is 0 Å². The Morgan fingerprint density at radius 3 is 2.41 bits per heavy atom. The van der Waals surface area contributed by atoms with E-state index in [0.717, 1.165) is 72.0 Å². The van der Waals surface area contributed by atoms with Gasteiger partial charge in [0, 0.05) is 41.6 Å². The summed E-state index contributed by atoms with van der Waals surface area (Å²) in [6.45, 7) is 0.663. The van der Waals surface area contributed by atoms with Crippen molar-refractivity contribution in [3.63, 3.8) is 0 Å². The fraction of sp³-hybridized carbons (Fsp3) is 0.370. The number of hydrogen-bond acceptors (Lipinski definition) is 5. The second-order valence-corrected chi connectivity index (χ2v) is 9.74. The summed E-state index contributed by atoms with van der Waals surface area (Å²) in [6, 6.07) is 13.3. The van der Waals surface area contributed by atoms with Crippen molar-refractivity contribution in [3.8, 4) is 34.4 Å². The predicted molar refractivity (Wildman–Crippen MR) is 127 cm³/mol. The molecule has 2 aliphatic carbocycles. The fourth-order valence-corrected chi connectivity index (χ4v) is 5.18. The lowest BCUT2D eigenvalue weighted by Gasteiger charge is -2.24. The SMILES string of the molecule is N#CC1CCC(c2nccn3ncc(-c4ccc(-c5cnn(CC6(C#N)CC6)c5)cc4)c23)CC1. The molecular formula is C27H25N7. The van der Waals surface area contributed by atoms with Gasteiger partial charge in [-0.3, -0.25) is 9.67 Å². The van der Waals surface area contributed by atoms with Crippen molar-refractivity contribution in [1.82, 2.24) is 24.4 Å². The molecule has 34 heavy (non-hydrogen) atoms. The molecule has 0 saturated heterocycles. The van der Waals surface area contributed by atoms with Crippen LogP contribution in [0.2, 0.25) is 0 Å². The molecule has 7 nitrogen and oxygen atoms in total. The van der Waals surface area contributed by atoms with Crippen LogP contribution in [-0.4, -0.2) is 24.4 Å². The highest BCUT2D eigenvalue weighted by molar-refractivity contribution is 5.83. The normalized spacial score (nSPS) is 21.1. The zero-order valence-corrected chi connectivity index (χ0v) is 18.9. The second-order valence-electron chi connectivity index (χ2n) is 9.74. The minimum Gasteiger partial charge on any atom is -0.271 e. The zero-order valence-electron chi connectivity index (χ0n) is 18.9. The van der Waals surface area contributed by atoms with Gasteiger partial charge in [-0.25, -0.2) is 4.52 Å². The smallest absolute Gasteiger partial charge is 0.0958 e. The van der Waals surface area contributed by atoms with Crippen molar-refractivity contribution in [1.29, 1.82) is 10.5 Å². The maximum atomic E-state index is 9.35. The van der Waals surface area contributed by atoms with Crippen molar-refractivity contribution in [2.24, 2.45) is 11.3 Å². The number of aromatic nitrogens is 5. The molecule has 1 aromatic carbocycles. The largest absolute Gasteiger partial charge is 0.271 e. The molecule has 0 bridgehead atoms. The molecule has 3 aromatic heterocycles. The molecule has 0 N–H and O–H groups in total. The molecule has 0 radical (unpaired) electrons. The molecule has 0 unspecified atom stereocenters. The van der Waals surface area contributed by atoms with Crippen molar-refractivity contribution < 1.29 is 0 Å². The van der Waals surface area contributed by atoms with Gasteiger partial charge in [0.15, 0.2) is 0 Å². The van der Waals surface area contributed by atoms with E-state index >= 15 is 0 Å². The monoisotopic (exact) mass is 447 g/mol. The van der Waals surface area contributed by atoms with Gasteiger partial charge >= 0.3 is 0 Å². The number of hydrogen-bond donors (Lipinski definition) is 0. The van der Waals surface area contributed by atoms with E-state index in [1.807, 2.05) is 40.2 Å². The van der Waals surface area contributed by atoms with Gasteiger partial charge in [-0.05, 0) is 49.7 Å². The van der Waals surface area contributed by atoms with Gasteiger partial charge in [0.1, 0.15) is 0 Å². The molecule has 3 heterocycles. The molecule has 6 rings (SSSR count). The van der Waals surface area contributed by atoms with Gasteiger partial charge in [-0.1, -0.05) is 24.3 Å². The van der Waals surface area contributed by atoms with Crippen molar-refractivity contribution >= 4 is 5.52 Å². The highest BCUT2D eigenvalue weighted by atomic mass is 15.3. The van der Waals surface area contributed by atoms with E-state index in [9.17, 15) is 10.5 Å². The lowest BCUT2D eigenvalue weighted by Crippen LogP contribution is -2.14. The van der Waals surface area contributed by atoms with Crippen LogP contribution in [-0.2, 0) is 6.54 Å². The maximum absolute atomic E-state index is 9.35. The first-order chi connectivity index (χ1) is 16.7. The third-order valence-corrected chi connectivity index (χ3v) is 7.47. The van der Waals surface area contributed by atoms with E-state index in [0.29, 0.717) is 12.5 Å². The number of nitriles is 2. The Hall–Kier alpha value is -3.97. The van der Waals surface area contributed by atoms with Crippen molar-refractivity contribution in [3.05, 3.63) is 60.9 Å². The van der Waals surface area contributed by atoms with Crippen LogP contribution in [0.25, 0.3) is 27.8 Å². The third kappa shape index (κ3) is 3.64. The third-order valence-electron chi connectivity index (χ3n) is 7.47. The first kappa shape index (κ1) is 20.6. The molecule has 2 aliphatic rings. The van der Waals surface area contributed by atoms with Crippen LogP contribution in [0.15, 0.2) is 55.2 Å². The standard InChI is InChI=1S/C27H25N7/c28-13-19-1-3-22(4-2-19)25-26-24(15-32-34(26)12-11-30-25)21-7-5-20(6-8-21)23-14-31-33(16-23)18-27(17-29)9-10-27/h5-8,11-12,14-16,19,22H,1-4,9-10,18H2. The molecule has 0 spiro atoms. The van der Waals surface area contributed by atoms with Gasteiger partial charge in [0.05, 0.1) is 47.7 Å². The van der Waals surface area contributed by atoms with Gasteiger partial charge in [-0.2, -0.15) is 20.7 Å². The second kappa shape index (κ2) is 8.11. The lowest BCUT2D eigenvalue weighted by molar-refractivity contribution is 0.378. The van der Waals surface area contributed by atoms with E-state index in [2.05, 4.69) is 46.6 Å². The molecule has 0 amide bonds. The Balaban J connectivity index is 1.28. The summed E-state index contributed by atoms with van der Waals surface area (Å²) in [5.74, 6) is 0.531. The predicted octanol–water partition coefficient (Wildman–Crippen LogP) is 5.36. The minimum absolute atomic E-state index is 0.173. The van der Waals surface area contributed by atoms with Crippen LogP contribution in [0.1, 0.15) is 50.1 Å². The molecule has 4 aromatic rings. The summed E-state index contributed by atoms with van der Waals surface area (Å²) < 4.78 is 3.82. The molecule has 2 saturated carbocycles. The molecule has 7 heteroatoms. The highest BCUT2D eigenvalue weighted by Gasteiger charge is 2.43. The molecule has 0 aliphatic heterocycles. The van der Waals surface area contributed by atoms with Crippen molar-refractivity contribution in [2.75, 3.05) is 0 Å². The first-order valence-corrected chi connectivity index (χ1v) is 11.9. The Morgan fingerprint density at radius 1 is 0.941 bits per heavy atom. The first-order valence-electron chi connectivity index (χ1n) is 11.9. The van der Waals surface area contributed by atoms with Crippen LogP contribution in [0, 0.1) is 34.0 Å². The highest BCUT2D eigenvalue weighted by Crippen LogP contribution is 2.46. The Morgan fingerprint density at radius 2 is 1.71 bits per heavy atom. The van der Waals surface area contributed by atoms with Gasteiger partial charge in [0.2, 0.25) is 0 Å². The van der Waals surface area contributed by atoms with Crippen LogP contribution in [0.3, 0.4) is 0 Å². The number of rotatable bonds is 5. The Labute approximate surface area is 198 Å². The molecule has 0 atom stereocenters. The number of nitrogens with zero attached hydrogens (tertiary/aromatic N) is 7. The van der Waals surface area contributed by atoms with Gasteiger partial charge in [-0.15, -0.1) is 0 Å². The summed E-state index contributed by atoms with van der Waals surface area (Å²) in [7, 11) is 0.